The summed E-state index contributed by atoms with van der Waals surface area (Å²) in [5.74, 6) is -0.234. The van der Waals surface area contributed by atoms with Crippen LogP contribution in [-0.2, 0) is 9.59 Å². The molecule has 4 rings (SSSR count). The Balaban J connectivity index is 1.34. The number of likely N-dealkylation sites (tertiary alicyclic amines) is 1. The van der Waals surface area contributed by atoms with E-state index in [1.807, 2.05) is 36.4 Å². The third-order valence-electron chi connectivity index (χ3n) is 5.95. The lowest BCUT2D eigenvalue weighted by Crippen LogP contribution is -2.51. The van der Waals surface area contributed by atoms with Gasteiger partial charge in [-0.15, -0.1) is 0 Å². The fraction of sp³-hybridized carbons (Fsp3) is 0.476. The number of Topliss-reactive ketones (excluding diaryl/α,β-unsaturated/α-hetero) is 1. The summed E-state index contributed by atoms with van der Waals surface area (Å²) in [6, 6.07) is 7.69. The molecule has 2 atom stereocenters. The summed E-state index contributed by atoms with van der Waals surface area (Å²) in [6.07, 6.45) is 5.42. The number of rotatable bonds is 4. The lowest BCUT2D eigenvalue weighted by molar-refractivity contribution is -0.142. The van der Waals surface area contributed by atoms with Gasteiger partial charge >= 0.3 is 0 Å². The fourth-order valence-electron chi connectivity index (χ4n) is 4.26. The topological polar surface area (TPSA) is 60.9 Å². The number of benzene rings is 1. The zero-order valence-corrected chi connectivity index (χ0v) is 15.6. The van der Waals surface area contributed by atoms with Crippen molar-refractivity contribution >= 4 is 23.3 Å². The molecule has 6 nitrogen and oxygen atoms in total. The quantitative estimate of drug-likeness (QED) is 0.462. The first-order chi connectivity index (χ1) is 13.0. The van der Waals surface area contributed by atoms with Crippen molar-refractivity contribution in [3.63, 3.8) is 0 Å². The Morgan fingerprint density at radius 3 is 2.00 bits per heavy atom. The van der Waals surface area contributed by atoms with Crippen molar-refractivity contribution < 1.29 is 14.4 Å². The van der Waals surface area contributed by atoms with Crippen molar-refractivity contribution in [3.05, 3.63) is 42.0 Å². The van der Waals surface area contributed by atoms with Gasteiger partial charge in [0, 0.05) is 37.4 Å². The minimum absolute atomic E-state index is 0.00315. The van der Waals surface area contributed by atoms with E-state index in [0.29, 0.717) is 19.5 Å². The Morgan fingerprint density at radius 1 is 0.926 bits per heavy atom. The SMILES string of the molecule is CC(=O)c1ccc(N2CCN(CN3C(=O)[C@H]4CC=CC[C@H]4C3=O)CC2)cc1. The zero-order chi connectivity index (χ0) is 19.0. The minimum atomic E-state index is -0.149. The molecule has 1 aromatic rings. The highest BCUT2D eigenvalue weighted by molar-refractivity contribution is 6.05. The molecule has 0 aromatic heterocycles. The van der Waals surface area contributed by atoms with Gasteiger partial charge < -0.3 is 4.90 Å². The van der Waals surface area contributed by atoms with Gasteiger partial charge in [0.2, 0.25) is 11.8 Å². The van der Waals surface area contributed by atoms with E-state index in [-0.39, 0.29) is 29.4 Å². The summed E-state index contributed by atoms with van der Waals surface area (Å²) in [7, 11) is 0. The molecule has 2 fully saturated rings. The standard InChI is InChI=1S/C21H25N3O3/c1-15(25)16-6-8-17(9-7-16)23-12-10-22(11-13-23)14-24-20(26)18-4-2-3-5-19(18)21(24)27/h2-3,6-9,18-19H,4-5,10-14H2,1H3/t18-,19+. The molecular weight excluding hydrogens is 342 g/mol. The van der Waals surface area contributed by atoms with Gasteiger partial charge in [-0.3, -0.25) is 24.2 Å². The molecule has 6 heteroatoms. The highest BCUT2D eigenvalue weighted by Crippen LogP contribution is 2.35. The van der Waals surface area contributed by atoms with Crippen molar-refractivity contribution in [3.8, 4) is 0 Å². The minimum Gasteiger partial charge on any atom is -0.369 e. The molecule has 1 aliphatic carbocycles. The number of imide groups is 1. The summed E-state index contributed by atoms with van der Waals surface area (Å²) in [5.41, 5.74) is 1.82. The van der Waals surface area contributed by atoms with Crippen LogP contribution in [0.1, 0.15) is 30.1 Å². The lowest BCUT2D eigenvalue weighted by Gasteiger charge is -2.37. The van der Waals surface area contributed by atoms with Gasteiger partial charge in [0.15, 0.2) is 5.78 Å². The van der Waals surface area contributed by atoms with Crippen LogP contribution < -0.4 is 4.90 Å². The molecule has 2 aliphatic heterocycles. The molecule has 2 heterocycles. The first kappa shape index (κ1) is 17.9. The maximum Gasteiger partial charge on any atom is 0.234 e. The Labute approximate surface area is 159 Å². The predicted molar refractivity (Wildman–Crippen MR) is 102 cm³/mol. The largest absolute Gasteiger partial charge is 0.369 e. The molecule has 0 radical (unpaired) electrons. The Kier molecular flexibility index (Phi) is 4.83. The van der Waals surface area contributed by atoms with Gasteiger partial charge in [-0.05, 0) is 44.0 Å². The average Bonchev–Trinajstić information content (AvgIpc) is 2.94. The van der Waals surface area contributed by atoms with E-state index in [0.717, 1.165) is 37.4 Å². The lowest BCUT2D eigenvalue weighted by atomic mass is 9.85. The first-order valence-electron chi connectivity index (χ1n) is 9.63. The average molecular weight is 367 g/mol. The molecule has 1 aromatic carbocycles. The number of fused-ring (bicyclic) bond motifs is 1. The van der Waals surface area contributed by atoms with Gasteiger partial charge in [-0.25, -0.2) is 0 Å². The smallest absolute Gasteiger partial charge is 0.234 e. The van der Waals surface area contributed by atoms with Crippen LogP contribution >= 0.6 is 0 Å². The monoisotopic (exact) mass is 367 g/mol. The van der Waals surface area contributed by atoms with Crippen molar-refractivity contribution in [2.24, 2.45) is 11.8 Å². The second kappa shape index (κ2) is 7.27. The van der Waals surface area contributed by atoms with Gasteiger partial charge in [0.25, 0.3) is 0 Å². The third kappa shape index (κ3) is 3.41. The van der Waals surface area contributed by atoms with Crippen LogP contribution in [0.4, 0.5) is 5.69 Å². The number of carbonyl (C=O) groups is 3. The maximum absolute atomic E-state index is 12.6. The van der Waals surface area contributed by atoms with Crippen LogP contribution in [0.3, 0.4) is 0 Å². The van der Waals surface area contributed by atoms with Gasteiger partial charge in [0.1, 0.15) is 0 Å². The molecule has 0 saturated carbocycles. The predicted octanol–water partition coefficient (Wildman–Crippen LogP) is 1.92. The summed E-state index contributed by atoms with van der Waals surface area (Å²) in [6.45, 7) is 5.26. The van der Waals surface area contributed by atoms with Gasteiger partial charge in [-0.1, -0.05) is 12.2 Å². The molecule has 0 unspecified atom stereocenters. The second-order valence-corrected chi connectivity index (χ2v) is 7.61. The zero-order valence-electron chi connectivity index (χ0n) is 15.6. The number of hydrogen-bond donors (Lipinski definition) is 0. The van der Waals surface area contributed by atoms with Crippen molar-refractivity contribution in [1.29, 1.82) is 0 Å². The van der Waals surface area contributed by atoms with E-state index in [1.165, 1.54) is 4.90 Å². The van der Waals surface area contributed by atoms with E-state index in [2.05, 4.69) is 9.80 Å². The van der Waals surface area contributed by atoms with Gasteiger partial charge in [0.05, 0.1) is 18.5 Å². The summed E-state index contributed by atoms with van der Waals surface area (Å²) in [5, 5.41) is 0. The highest BCUT2D eigenvalue weighted by atomic mass is 16.2. The third-order valence-corrected chi connectivity index (χ3v) is 5.95. The van der Waals surface area contributed by atoms with Crippen LogP contribution in [-0.4, -0.2) is 60.2 Å². The number of piperazine rings is 1. The van der Waals surface area contributed by atoms with Crippen LogP contribution in [0, 0.1) is 11.8 Å². The van der Waals surface area contributed by atoms with Crippen LogP contribution in [0.2, 0.25) is 0 Å². The molecule has 27 heavy (non-hydrogen) atoms. The van der Waals surface area contributed by atoms with Crippen molar-refractivity contribution in [2.45, 2.75) is 19.8 Å². The van der Waals surface area contributed by atoms with E-state index in [1.54, 1.807) is 6.92 Å². The highest BCUT2D eigenvalue weighted by Gasteiger charge is 2.47. The second-order valence-electron chi connectivity index (χ2n) is 7.61. The van der Waals surface area contributed by atoms with E-state index in [9.17, 15) is 14.4 Å². The van der Waals surface area contributed by atoms with E-state index in [4.69, 9.17) is 0 Å². The van der Waals surface area contributed by atoms with Crippen molar-refractivity contribution in [1.82, 2.24) is 9.80 Å². The van der Waals surface area contributed by atoms with E-state index >= 15 is 0 Å². The molecule has 3 aliphatic rings. The number of ketones is 1. The Hall–Kier alpha value is -2.47. The molecular formula is C21H25N3O3. The molecule has 142 valence electrons. The van der Waals surface area contributed by atoms with E-state index < -0.39 is 0 Å². The molecule has 2 saturated heterocycles. The Morgan fingerprint density at radius 2 is 1.48 bits per heavy atom. The van der Waals surface area contributed by atoms with Crippen molar-refractivity contribution in [2.75, 3.05) is 37.7 Å². The molecule has 0 spiro atoms. The molecule has 0 N–H and O–H groups in total. The Bertz CT molecular complexity index is 752. The summed E-state index contributed by atoms with van der Waals surface area (Å²) < 4.78 is 0. The first-order valence-corrected chi connectivity index (χ1v) is 9.63. The number of amides is 2. The number of allylic oxidation sites excluding steroid dienone is 2. The van der Waals surface area contributed by atoms with Crippen LogP contribution in [0.5, 0.6) is 0 Å². The number of hydrogen-bond acceptors (Lipinski definition) is 5. The van der Waals surface area contributed by atoms with Crippen LogP contribution in [0.15, 0.2) is 36.4 Å². The summed E-state index contributed by atoms with van der Waals surface area (Å²) in [4.78, 5) is 42.5. The van der Waals surface area contributed by atoms with Crippen LogP contribution in [0.25, 0.3) is 0 Å². The van der Waals surface area contributed by atoms with Gasteiger partial charge in [-0.2, -0.15) is 0 Å². The fourth-order valence-corrected chi connectivity index (χ4v) is 4.26. The normalized spacial score (nSPS) is 25.8. The number of nitrogens with zero attached hydrogens (tertiary/aromatic N) is 3. The number of anilines is 1. The number of carbonyl (C=O) groups excluding carboxylic acids is 3. The maximum atomic E-state index is 12.6. The molecule has 2 amide bonds. The molecule has 0 bridgehead atoms. The summed E-state index contributed by atoms with van der Waals surface area (Å²) >= 11 is 0.